The van der Waals surface area contributed by atoms with Crippen LogP contribution in [0.5, 0.6) is 11.8 Å². The van der Waals surface area contributed by atoms with Crippen LogP contribution in [0.25, 0.3) is 32.9 Å². The van der Waals surface area contributed by atoms with Crippen molar-refractivity contribution in [3.8, 4) is 35.4 Å². The average Bonchev–Trinajstić information content (AvgIpc) is 3.15. The lowest BCUT2D eigenvalue weighted by Gasteiger charge is -2.44. The smallest absolute Gasteiger partial charge is 0.345 e. The number of hydrogen-bond donors (Lipinski definition) is 8. The summed E-state index contributed by atoms with van der Waals surface area (Å²) < 4.78 is 65.8. The number of halogens is 4. The number of aromatic hydroxyl groups is 1. The first-order valence-corrected chi connectivity index (χ1v) is 19.6. The van der Waals surface area contributed by atoms with Crippen LogP contribution in [0, 0.1) is 35.8 Å². The minimum atomic E-state index is -3.49. The average molecular weight is 811 g/mol. The molecule has 5 heterocycles. The van der Waals surface area contributed by atoms with Crippen LogP contribution in [0.2, 0.25) is 0 Å². The number of aromatic nitrogens is 3. The predicted molar refractivity (Wildman–Crippen MR) is 203 cm³/mol. The third kappa shape index (κ3) is 8.41. The van der Waals surface area contributed by atoms with E-state index in [1.165, 1.54) is 18.2 Å². The second-order valence-corrected chi connectivity index (χ2v) is 13.1. The van der Waals surface area contributed by atoms with Crippen molar-refractivity contribution in [1.82, 2.24) is 25.2 Å². The van der Waals surface area contributed by atoms with Gasteiger partial charge in [0.25, 0.3) is 0 Å². The van der Waals surface area contributed by atoms with Crippen molar-refractivity contribution in [3.63, 3.8) is 0 Å². The van der Waals surface area contributed by atoms with E-state index in [0.717, 1.165) is 6.07 Å². The zero-order valence-corrected chi connectivity index (χ0v) is 32.0. The van der Waals surface area contributed by atoms with E-state index in [4.69, 9.17) is 11.2 Å². The molecule has 4 atom stereocenters. The van der Waals surface area contributed by atoms with Crippen LogP contribution in [0.3, 0.4) is 0 Å². The Balaban J connectivity index is 0.00000140. The maximum atomic E-state index is 17.1. The van der Waals surface area contributed by atoms with Gasteiger partial charge in [-0.15, -0.1) is 6.42 Å². The molecular weight excluding hydrogens is 767 g/mol. The fourth-order valence-corrected chi connectivity index (χ4v) is 7.53. The summed E-state index contributed by atoms with van der Waals surface area (Å²) in [5, 5.41) is 66.1. The number of pyridine rings is 1. The Morgan fingerprint density at radius 1 is 1.04 bits per heavy atom. The third-order valence-electron chi connectivity index (χ3n) is 9.98. The maximum Gasteiger partial charge on any atom is 0.345 e. The quantitative estimate of drug-likeness (QED) is 0.0466. The number of hydrogen-bond acceptors (Lipinski definition) is 14. The highest BCUT2D eigenvalue weighted by molar-refractivity contribution is 8.31. The number of alkyl halides is 2. The van der Waals surface area contributed by atoms with E-state index in [1.54, 1.807) is 0 Å². The first kappa shape index (κ1) is 42.5. The number of nitrogens with one attached hydrogen (secondary N) is 1. The van der Waals surface area contributed by atoms with Crippen molar-refractivity contribution < 1.29 is 52.9 Å². The number of aryl methyl sites for hydroxylation is 1. The summed E-state index contributed by atoms with van der Waals surface area (Å²) >= 11 is 3.44. The molecule has 7 N–H and O–H groups in total. The van der Waals surface area contributed by atoms with Gasteiger partial charge in [-0.25, -0.2) is 27.4 Å². The van der Waals surface area contributed by atoms with Gasteiger partial charge in [0.05, 0.1) is 22.6 Å². The number of thiol groups is 1. The van der Waals surface area contributed by atoms with Crippen LogP contribution >= 0.6 is 20.7 Å². The number of phenols is 1. The lowest BCUT2D eigenvalue weighted by atomic mass is 9.83. The van der Waals surface area contributed by atoms with E-state index in [0.29, 0.717) is 54.9 Å². The van der Waals surface area contributed by atoms with Gasteiger partial charge in [0.2, 0.25) is 6.43 Å². The van der Waals surface area contributed by atoms with Gasteiger partial charge in [0, 0.05) is 55.6 Å². The molecular formula is C36H43F4N6O7PS. The van der Waals surface area contributed by atoms with Crippen molar-refractivity contribution >= 4 is 48.2 Å². The number of rotatable bonds is 6. The Labute approximate surface area is 321 Å². The fraction of sp³-hybridized carbons (Fsp3) is 0.472. The normalized spacial score (nSPS) is 20.4. The summed E-state index contributed by atoms with van der Waals surface area (Å²) in [6.45, 7) is 4.16. The molecule has 0 amide bonds. The number of fused-ring (bicyclic) bond motifs is 3. The number of aliphatic hydroxyl groups is 5. The largest absolute Gasteiger partial charge is 0.508 e. The molecule has 2 aromatic carbocycles. The van der Waals surface area contributed by atoms with Crippen molar-refractivity contribution in [2.24, 2.45) is 11.8 Å². The Hall–Kier alpha value is -3.63. The van der Waals surface area contributed by atoms with Gasteiger partial charge < -0.3 is 45.6 Å². The Bertz CT molecular complexity index is 2070. The summed E-state index contributed by atoms with van der Waals surface area (Å²) in [5.74, 6) is -6.89. The van der Waals surface area contributed by atoms with Crippen LogP contribution in [-0.4, -0.2) is 108 Å². The second kappa shape index (κ2) is 17.2. The van der Waals surface area contributed by atoms with Gasteiger partial charge in [0.15, 0.2) is 5.82 Å². The highest BCUT2D eigenvalue weighted by atomic mass is 32.7. The van der Waals surface area contributed by atoms with E-state index in [-0.39, 0.29) is 45.2 Å². The first-order valence-electron chi connectivity index (χ1n) is 17.6. The van der Waals surface area contributed by atoms with E-state index in [9.17, 15) is 43.8 Å². The summed E-state index contributed by atoms with van der Waals surface area (Å²) in [4.78, 5) is 15.8. The van der Waals surface area contributed by atoms with Crippen LogP contribution in [0.15, 0.2) is 24.3 Å². The van der Waals surface area contributed by atoms with Crippen molar-refractivity contribution in [2.45, 2.75) is 64.1 Å². The zero-order valence-electron chi connectivity index (χ0n) is 29.9. The topological polar surface area (TPSA) is 188 Å². The number of ether oxygens (including phenoxy) is 1. The molecule has 3 aliphatic heterocycles. The lowest BCUT2D eigenvalue weighted by molar-refractivity contribution is -0.413. The molecule has 7 rings (SSSR count). The minimum absolute atomic E-state index is 0.0425. The molecule has 298 valence electrons. The van der Waals surface area contributed by atoms with Gasteiger partial charge in [-0.3, -0.25) is 0 Å². The number of terminal acetylenes is 1. The number of benzene rings is 2. The lowest BCUT2D eigenvalue weighted by Crippen LogP contribution is -2.61. The number of piperidine rings is 1. The molecule has 0 radical (unpaired) electrons. The number of anilines is 1. The standard InChI is InChI=1S/C34H34F4N6O7.C2H6.H3PS/c1-2-19-23(35)7-6-16-12-18(45)13-21(25(16)19)28-27(36)29-26-24(40-28)5-3-4-17-14-39-9-11-44(17)31(26)42-32(41-29)51-33(46,47)22-15-43(34(48,49)50)10-8-20(22)30(37)38;2*1-2/h1,6-7,12-13,17,20,22,30,39,45-50H,3-5,8-11,14-15H2;1-2H3;2H,1H2. The molecule has 55 heavy (non-hydrogen) atoms. The molecule has 19 heteroatoms. The summed E-state index contributed by atoms with van der Waals surface area (Å²) in [5.41, 5.74) is -0.630. The zero-order chi connectivity index (χ0) is 40.4. The molecule has 0 bridgehead atoms. The number of likely N-dealkylation sites (tertiary alicyclic amines) is 1. The van der Waals surface area contributed by atoms with Crippen LogP contribution < -0.4 is 15.0 Å². The minimum Gasteiger partial charge on any atom is -0.508 e. The summed E-state index contributed by atoms with van der Waals surface area (Å²) in [6, 6.07) is 4.08. The molecule has 4 unspecified atom stereocenters. The second-order valence-electron chi connectivity index (χ2n) is 13.1. The molecule has 2 aromatic heterocycles. The summed E-state index contributed by atoms with van der Waals surface area (Å²) in [6.07, 6.45) is 0.186. The third-order valence-corrected chi connectivity index (χ3v) is 9.98. The predicted octanol–water partition coefficient (Wildman–Crippen LogP) is 3.47. The van der Waals surface area contributed by atoms with E-state index in [1.807, 2.05) is 18.7 Å². The number of phenolic OH excluding ortho intramolecular Hbond substituents is 1. The molecule has 3 aliphatic rings. The van der Waals surface area contributed by atoms with Gasteiger partial charge in [-0.1, -0.05) is 34.3 Å². The number of nitrogens with zero attached hydrogens (tertiary/aromatic N) is 5. The molecule has 4 aromatic rings. The molecule has 0 spiro atoms. The molecule has 0 aliphatic carbocycles. The van der Waals surface area contributed by atoms with E-state index >= 15 is 4.39 Å². The van der Waals surface area contributed by atoms with Crippen LogP contribution in [-0.2, 0) is 6.42 Å². The van der Waals surface area contributed by atoms with Gasteiger partial charge in [0.1, 0.15) is 28.6 Å². The Kier molecular flexibility index (Phi) is 13.3. The van der Waals surface area contributed by atoms with Gasteiger partial charge in [-0.2, -0.15) is 22.2 Å². The van der Waals surface area contributed by atoms with Crippen molar-refractivity contribution in [3.05, 3.63) is 47.2 Å². The van der Waals surface area contributed by atoms with Gasteiger partial charge >= 0.3 is 18.1 Å². The van der Waals surface area contributed by atoms with E-state index in [2.05, 4.69) is 46.9 Å². The fourth-order valence-electron chi connectivity index (χ4n) is 7.53. The van der Waals surface area contributed by atoms with Crippen LogP contribution in [0.1, 0.15) is 44.4 Å². The Morgan fingerprint density at radius 3 is 2.44 bits per heavy atom. The highest BCUT2D eigenvalue weighted by Crippen LogP contribution is 2.43. The summed E-state index contributed by atoms with van der Waals surface area (Å²) in [7, 11) is 2.11. The van der Waals surface area contributed by atoms with Crippen molar-refractivity contribution in [1.29, 1.82) is 0 Å². The number of piperazine rings is 1. The van der Waals surface area contributed by atoms with Gasteiger partial charge in [-0.05, 0) is 49.3 Å². The van der Waals surface area contributed by atoms with E-state index < -0.39 is 73.0 Å². The monoisotopic (exact) mass is 810 g/mol. The molecule has 13 nitrogen and oxygen atoms in total. The molecule has 2 fully saturated rings. The molecule has 0 saturated carbocycles. The first-order chi connectivity index (χ1) is 26.2. The highest BCUT2D eigenvalue weighted by Gasteiger charge is 2.52. The molecule has 2 saturated heterocycles. The Morgan fingerprint density at radius 2 is 1.76 bits per heavy atom. The maximum absolute atomic E-state index is 17.1. The van der Waals surface area contributed by atoms with Crippen LogP contribution in [0.4, 0.5) is 23.4 Å². The SMILES string of the molecule is C#Cc1c(F)ccc2cc(O)cc(-c3nc4c5c(nc(OC(O)(O)C6CN(C(O)(O)O)CCC6C(F)F)nc5c3F)N3CCNCC3CCC4)c12.CC.PS. The van der Waals surface area contributed by atoms with Crippen molar-refractivity contribution in [2.75, 3.05) is 37.6 Å².